The van der Waals surface area contributed by atoms with E-state index in [1.807, 2.05) is 44.2 Å². The number of rotatable bonds is 2. The Labute approximate surface area is 133 Å². The molecule has 3 rings (SSSR count). The van der Waals surface area contributed by atoms with Crippen molar-refractivity contribution in [3.05, 3.63) is 75.4 Å². The Hall–Kier alpha value is -2.39. The molecule has 0 bridgehead atoms. The minimum Gasteiger partial charge on any atom is -0.402 e. The summed E-state index contributed by atoms with van der Waals surface area (Å²) in [6.45, 7) is 4.05. The predicted octanol–water partition coefficient (Wildman–Crippen LogP) is 4.30. The Morgan fingerprint density at radius 1 is 1.09 bits per heavy atom. The lowest BCUT2D eigenvalue weighted by Gasteiger charge is -2.03. The zero-order valence-electron chi connectivity index (χ0n) is 12.3. The maximum Gasteiger partial charge on any atom is 0.363 e. The van der Waals surface area contributed by atoms with Gasteiger partial charge in [-0.25, -0.2) is 9.79 Å². The quantitative estimate of drug-likeness (QED) is 0.612. The number of nitrogens with zero attached hydrogens (tertiary/aromatic N) is 1. The van der Waals surface area contributed by atoms with Gasteiger partial charge in [-0.15, -0.1) is 0 Å². The number of halogens is 1. The third-order valence-corrected chi connectivity index (χ3v) is 3.76. The number of ether oxygens (including phenoxy) is 1. The topological polar surface area (TPSA) is 38.7 Å². The molecule has 3 nitrogen and oxygen atoms in total. The van der Waals surface area contributed by atoms with Crippen LogP contribution in [0.15, 0.2) is 53.2 Å². The molecular weight excluding hydrogens is 298 g/mol. The number of hydrogen-bond donors (Lipinski definition) is 0. The fourth-order valence-corrected chi connectivity index (χ4v) is 2.36. The summed E-state index contributed by atoms with van der Waals surface area (Å²) in [6, 6.07) is 13.1. The molecule has 0 saturated heterocycles. The second-order valence-corrected chi connectivity index (χ2v) is 5.63. The lowest BCUT2D eigenvalue weighted by molar-refractivity contribution is -0.129. The maximum atomic E-state index is 12.0. The van der Waals surface area contributed by atoms with E-state index >= 15 is 0 Å². The summed E-state index contributed by atoms with van der Waals surface area (Å²) in [5.41, 5.74) is 4.19. The van der Waals surface area contributed by atoms with Crippen molar-refractivity contribution in [3.63, 3.8) is 0 Å². The van der Waals surface area contributed by atoms with Gasteiger partial charge in [-0.2, -0.15) is 0 Å². The van der Waals surface area contributed by atoms with Gasteiger partial charge in [0.1, 0.15) is 0 Å². The molecule has 0 amide bonds. The zero-order chi connectivity index (χ0) is 15.7. The van der Waals surface area contributed by atoms with E-state index in [1.165, 1.54) is 5.56 Å². The molecule has 0 unspecified atom stereocenters. The molecule has 1 aliphatic heterocycles. The zero-order valence-corrected chi connectivity index (χ0v) is 13.0. The number of hydrogen-bond acceptors (Lipinski definition) is 3. The molecule has 0 fully saturated rings. The molecule has 4 heteroatoms. The summed E-state index contributed by atoms with van der Waals surface area (Å²) >= 11 is 5.94. The Bertz CT molecular complexity index is 822. The monoisotopic (exact) mass is 311 g/mol. The highest BCUT2D eigenvalue weighted by Crippen LogP contribution is 2.21. The van der Waals surface area contributed by atoms with Crippen molar-refractivity contribution in [2.45, 2.75) is 13.8 Å². The maximum absolute atomic E-state index is 12.0. The number of benzene rings is 2. The minimum absolute atomic E-state index is 0.274. The largest absolute Gasteiger partial charge is 0.402 e. The van der Waals surface area contributed by atoms with Crippen LogP contribution in [0.25, 0.3) is 6.08 Å². The van der Waals surface area contributed by atoms with Gasteiger partial charge in [0.15, 0.2) is 5.70 Å². The molecule has 1 aliphatic rings. The molecule has 22 heavy (non-hydrogen) atoms. The highest BCUT2D eigenvalue weighted by molar-refractivity contribution is 6.30. The number of carbonyl (C=O) groups excluding carboxylic acids is 1. The first-order valence-corrected chi connectivity index (χ1v) is 7.26. The van der Waals surface area contributed by atoms with Crippen LogP contribution in [0.3, 0.4) is 0 Å². The van der Waals surface area contributed by atoms with Gasteiger partial charge in [-0.3, -0.25) is 0 Å². The Kier molecular flexibility index (Phi) is 3.82. The van der Waals surface area contributed by atoms with Gasteiger partial charge in [-0.05, 0) is 60.9 Å². The van der Waals surface area contributed by atoms with E-state index in [4.69, 9.17) is 16.3 Å². The molecule has 0 saturated carbocycles. The smallest absolute Gasteiger partial charge is 0.363 e. The van der Waals surface area contributed by atoms with Gasteiger partial charge < -0.3 is 4.74 Å². The van der Waals surface area contributed by atoms with E-state index in [0.29, 0.717) is 10.9 Å². The Morgan fingerprint density at radius 2 is 1.91 bits per heavy atom. The van der Waals surface area contributed by atoms with Crippen LogP contribution >= 0.6 is 11.6 Å². The standard InChI is InChI=1S/C18H14ClNO2/c1-11-6-7-14(8-12(11)2)17-20-16(18(21)22-17)10-13-4-3-5-15(19)9-13/h3-10H,1-2H3. The molecule has 0 aromatic heterocycles. The van der Waals surface area contributed by atoms with Crippen LogP contribution < -0.4 is 0 Å². The molecule has 2 aromatic carbocycles. The van der Waals surface area contributed by atoms with Crippen molar-refractivity contribution in [1.29, 1.82) is 0 Å². The van der Waals surface area contributed by atoms with E-state index < -0.39 is 5.97 Å². The molecule has 0 spiro atoms. The van der Waals surface area contributed by atoms with Crippen LogP contribution in [0.1, 0.15) is 22.3 Å². The number of cyclic esters (lactones) is 1. The second kappa shape index (κ2) is 5.78. The first-order valence-electron chi connectivity index (χ1n) is 6.89. The van der Waals surface area contributed by atoms with E-state index in [0.717, 1.165) is 16.7 Å². The van der Waals surface area contributed by atoms with Crippen LogP contribution in [0, 0.1) is 13.8 Å². The van der Waals surface area contributed by atoms with E-state index in [2.05, 4.69) is 4.99 Å². The molecule has 0 N–H and O–H groups in total. The van der Waals surface area contributed by atoms with Gasteiger partial charge in [0.2, 0.25) is 5.90 Å². The normalized spacial score (nSPS) is 15.9. The third-order valence-electron chi connectivity index (χ3n) is 3.53. The predicted molar refractivity (Wildman–Crippen MR) is 88.0 cm³/mol. The van der Waals surface area contributed by atoms with Crippen LogP contribution in [-0.4, -0.2) is 11.9 Å². The van der Waals surface area contributed by atoms with Gasteiger partial charge in [0.05, 0.1) is 0 Å². The first-order chi connectivity index (χ1) is 10.5. The third kappa shape index (κ3) is 2.95. The van der Waals surface area contributed by atoms with Crippen LogP contribution in [0.4, 0.5) is 0 Å². The number of esters is 1. The molecule has 0 radical (unpaired) electrons. The minimum atomic E-state index is -0.451. The van der Waals surface area contributed by atoms with Gasteiger partial charge in [-0.1, -0.05) is 29.8 Å². The van der Waals surface area contributed by atoms with Crippen molar-refractivity contribution in [2.24, 2.45) is 4.99 Å². The van der Waals surface area contributed by atoms with Crippen molar-refractivity contribution in [3.8, 4) is 0 Å². The molecule has 1 heterocycles. The molecule has 110 valence electrons. The highest BCUT2D eigenvalue weighted by atomic mass is 35.5. The van der Waals surface area contributed by atoms with Crippen molar-refractivity contribution in [2.75, 3.05) is 0 Å². The Morgan fingerprint density at radius 3 is 2.64 bits per heavy atom. The summed E-state index contributed by atoms with van der Waals surface area (Å²) < 4.78 is 5.27. The molecular formula is C18H14ClNO2. The molecule has 0 atom stereocenters. The Balaban J connectivity index is 1.96. The fraction of sp³-hybridized carbons (Fsp3) is 0.111. The number of aliphatic imine (C=N–C) groups is 1. The van der Waals surface area contributed by atoms with Gasteiger partial charge >= 0.3 is 5.97 Å². The summed E-state index contributed by atoms with van der Waals surface area (Å²) in [6.07, 6.45) is 1.67. The number of carbonyl (C=O) groups is 1. The van der Waals surface area contributed by atoms with E-state index in [1.54, 1.807) is 18.2 Å². The molecule has 0 aliphatic carbocycles. The van der Waals surface area contributed by atoms with Crippen LogP contribution in [-0.2, 0) is 9.53 Å². The molecule has 2 aromatic rings. The average molecular weight is 312 g/mol. The second-order valence-electron chi connectivity index (χ2n) is 5.19. The van der Waals surface area contributed by atoms with Crippen LogP contribution in [0.5, 0.6) is 0 Å². The lowest BCUT2D eigenvalue weighted by Crippen LogP contribution is -2.05. The summed E-state index contributed by atoms with van der Waals surface area (Å²) in [7, 11) is 0. The number of aryl methyl sites for hydroxylation is 2. The summed E-state index contributed by atoms with van der Waals surface area (Å²) in [5, 5.41) is 0.610. The van der Waals surface area contributed by atoms with Crippen molar-refractivity contribution < 1.29 is 9.53 Å². The van der Waals surface area contributed by atoms with Crippen LogP contribution in [0.2, 0.25) is 5.02 Å². The van der Waals surface area contributed by atoms with Gasteiger partial charge in [0.25, 0.3) is 0 Å². The fourth-order valence-electron chi connectivity index (χ4n) is 2.16. The SMILES string of the molecule is Cc1ccc(C2=NC(=Cc3cccc(Cl)c3)C(=O)O2)cc1C. The summed E-state index contributed by atoms with van der Waals surface area (Å²) in [4.78, 5) is 16.3. The summed E-state index contributed by atoms with van der Waals surface area (Å²) in [5.74, 6) is -0.116. The average Bonchev–Trinajstić information content (AvgIpc) is 2.83. The highest BCUT2D eigenvalue weighted by Gasteiger charge is 2.24. The van der Waals surface area contributed by atoms with Crippen molar-refractivity contribution >= 4 is 29.5 Å². The first kappa shape index (κ1) is 14.5. The van der Waals surface area contributed by atoms with Gasteiger partial charge in [0, 0.05) is 10.6 Å². The van der Waals surface area contributed by atoms with E-state index in [9.17, 15) is 4.79 Å². The van der Waals surface area contributed by atoms with Crippen molar-refractivity contribution in [1.82, 2.24) is 0 Å². The lowest BCUT2D eigenvalue weighted by atomic mass is 10.1. The van der Waals surface area contributed by atoms with E-state index in [-0.39, 0.29) is 5.70 Å².